The van der Waals surface area contributed by atoms with Crippen LogP contribution in [-0.4, -0.2) is 24.3 Å². The van der Waals surface area contributed by atoms with Crippen molar-refractivity contribution in [2.75, 3.05) is 11.9 Å². The lowest BCUT2D eigenvalue weighted by molar-refractivity contribution is -0.142. The first-order valence-electron chi connectivity index (χ1n) is 11.2. The zero-order valence-corrected chi connectivity index (χ0v) is 19.7. The lowest BCUT2D eigenvalue weighted by Gasteiger charge is -2.10. The van der Waals surface area contributed by atoms with Gasteiger partial charge in [-0.15, -0.1) is 0 Å². The Bertz CT molecular complexity index is 1170. The van der Waals surface area contributed by atoms with Crippen molar-refractivity contribution in [3.8, 4) is 11.5 Å². The number of nitrogens with one attached hydrogen (secondary N) is 1. The van der Waals surface area contributed by atoms with Gasteiger partial charge in [0.1, 0.15) is 11.5 Å². The summed E-state index contributed by atoms with van der Waals surface area (Å²) in [6.07, 6.45) is 0.564. The fraction of sp³-hybridized carbons (Fsp3) is 0.250. The zero-order valence-electron chi connectivity index (χ0n) is 19.7. The minimum absolute atomic E-state index is 0.0662. The average Bonchev–Trinajstić information content (AvgIpc) is 2.82. The number of aryl methyl sites for hydroxylation is 3. The average molecular weight is 460 g/mol. The van der Waals surface area contributed by atoms with E-state index in [1.165, 1.54) is 0 Å². The molecule has 0 fully saturated rings. The predicted octanol–water partition coefficient (Wildman–Crippen LogP) is 5.94. The van der Waals surface area contributed by atoms with Crippen molar-refractivity contribution < 1.29 is 23.9 Å². The number of carbonyl (C=O) groups is 3. The van der Waals surface area contributed by atoms with E-state index in [0.29, 0.717) is 23.4 Å². The van der Waals surface area contributed by atoms with Crippen molar-refractivity contribution in [3.05, 3.63) is 89.0 Å². The van der Waals surface area contributed by atoms with Gasteiger partial charge < -0.3 is 14.8 Å². The van der Waals surface area contributed by atoms with Crippen molar-refractivity contribution in [1.82, 2.24) is 0 Å². The van der Waals surface area contributed by atoms with Crippen molar-refractivity contribution in [3.63, 3.8) is 0 Å². The Labute approximate surface area is 199 Å². The molecule has 3 aromatic carbocycles. The van der Waals surface area contributed by atoms with Crippen LogP contribution in [0.25, 0.3) is 0 Å². The van der Waals surface area contributed by atoms with Gasteiger partial charge in [0.15, 0.2) is 6.61 Å². The molecule has 0 aromatic heterocycles. The zero-order chi connectivity index (χ0) is 24.5. The number of hydrogen-bond donors (Lipinski definition) is 1. The summed E-state index contributed by atoms with van der Waals surface area (Å²) >= 11 is 0. The highest BCUT2D eigenvalue weighted by atomic mass is 16.5. The summed E-state index contributed by atoms with van der Waals surface area (Å²) in [7, 11) is 0. The van der Waals surface area contributed by atoms with E-state index < -0.39 is 5.97 Å². The molecule has 1 amide bonds. The minimum Gasteiger partial charge on any atom is -0.457 e. The Balaban J connectivity index is 1.37. The second-order valence-electron chi connectivity index (χ2n) is 8.20. The van der Waals surface area contributed by atoms with Crippen LogP contribution in [-0.2, 0) is 14.3 Å². The number of ketones is 1. The summed E-state index contributed by atoms with van der Waals surface area (Å²) in [4.78, 5) is 36.4. The van der Waals surface area contributed by atoms with Gasteiger partial charge in [0.05, 0.1) is 0 Å². The number of anilines is 1. The predicted molar refractivity (Wildman–Crippen MR) is 131 cm³/mol. The van der Waals surface area contributed by atoms with Crippen molar-refractivity contribution in [2.45, 2.75) is 40.0 Å². The van der Waals surface area contributed by atoms with Gasteiger partial charge in [-0.2, -0.15) is 0 Å². The Morgan fingerprint density at radius 2 is 1.56 bits per heavy atom. The van der Waals surface area contributed by atoms with Gasteiger partial charge in [-0.3, -0.25) is 14.4 Å². The molecule has 0 bridgehead atoms. The van der Waals surface area contributed by atoms with Gasteiger partial charge in [0.2, 0.25) is 11.7 Å². The van der Waals surface area contributed by atoms with E-state index in [2.05, 4.69) is 5.32 Å². The first kappa shape index (κ1) is 24.7. The lowest BCUT2D eigenvalue weighted by Crippen LogP contribution is -2.16. The number of para-hydroxylation sites is 1. The van der Waals surface area contributed by atoms with Gasteiger partial charge in [-0.25, -0.2) is 0 Å². The number of benzene rings is 3. The van der Waals surface area contributed by atoms with Crippen molar-refractivity contribution in [2.24, 2.45) is 0 Å². The van der Waals surface area contributed by atoms with Gasteiger partial charge in [0, 0.05) is 24.1 Å². The van der Waals surface area contributed by atoms with Crippen LogP contribution < -0.4 is 10.1 Å². The molecule has 6 heteroatoms. The molecule has 0 aliphatic rings. The maximum atomic E-state index is 12.3. The molecule has 0 atom stereocenters. The maximum absolute atomic E-state index is 12.3. The largest absolute Gasteiger partial charge is 0.457 e. The van der Waals surface area contributed by atoms with E-state index in [1.54, 1.807) is 30.3 Å². The molecule has 176 valence electrons. The fourth-order valence-corrected chi connectivity index (χ4v) is 3.35. The molecule has 0 heterocycles. The SMILES string of the molecule is Cc1ccc(C)c(C(=O)COC(=O)CCCC(=O)Nc2ccc(Oc3ccccc3C)cc2)c1. The summed E-state index contributed by atoms with van der Waals surface area (Å²) in [5, 5.41) is 2.80. The van der Waals surface area contributed by atoms with Gasteiger partial charge in [0.25, 0.3) is 0 Å². The molecule has 0 aliphatic carbocycles. The molecule has 0 aliphatic heterocycles. The molecule has 0 saturated carbocycles. The minimum atomic E-state index is -0.496. The van der Waals surface area contributed by atoms with Crippen LogP contribution in [0, 0.1) is 20.8 Å². The second-order valence-corrected chi connectivity index (χ2v) is 8.20. The van der Waals surface area contributed by atoms with Crippen LogP contribution in [0.1, 0.15) is 46.3 Å². The number of rotatable bonds is 10. The number of esters is 1. The van der Waals surface area contributed by atoms with E-state index in [0.717, 1.165) is 22.4 Å². The molecule has 0 saturated heterocycles. The van der Waals surface area contributed by atoms with E-state index in [-0.39, 0.29) is 31.1 Å². The van der Waals surface area contributed by atoms with Crippen molar-refractivity contribution >= 4 is 23.3 Å². The molecule has 0 unspecified atom stereocenters. The van der Waals surface area contributed by atoms with E-state index in [4.69, 9.17) is 9.47 Å². The van der Waals surface area contributed by atoms with Crippen LogP contribution in [0.3, 0.4) is 0 Å². The van der Waals surface area contributed by atoms with E-state index in [9.17, 15) is 14.4 Å². The molecule has 34 heavy (non-hydrogen) atoms. The number of ether oxygens (including phenoxy) is 2. The van der Waals surface area contributed by atoms with Gasteiger partial charge in [-0.1, -0.05) is 35.9 Å². The van der Waals surface area contributed by atoms with Gasteiger partial charge >= 0.3 is 5.97 Å². The number of hydrogen-bond acceptors (Lipinski definition) is 5. The molecular weight excluding hydrogens is 430 g/mol. The number of Topliss-reactive ketones (excluding diaryl/α,β-unsaturated/α-hetero) is 1. The van der Waals surface area contributed by atoms with Crippen LogP contribution >= 0.6 is 0 Å². The summed E-state index contributed by atoms with van der Waals surface area (Å²) in [5.74, 6) is 0.519. The molecular formula is C28H29NO5. The summed E-state index contributed by atoms with van der Waals surface area (Å²) in [6, 6.07) is 20.4. The molecule has 0 spiro atoms. The van der Waals surface area contributed by atoms with Crippen LogP contribution in [0.4, 0.5) is 5.69 Å². The highest BCUT2D eigenvalue weighted by molar-refractivity contribution is 5.99. The third-order valence-corrected chi connectivity index (χ3v) is 5.30. The van der Waals surface area contributed by atoms with E-state index in [1.807, 2.05) is 57.2 Å². The molecule has 3 rings (SSSR count). The first-order chi connectivity index (χ1) is 16.3. The third kappa shape index (κ3) is 7.30. The second kappa shape index (κ2) is 11.8. The highest BCUT2D eigenvalue weighted by Crippen LogP contribution is 2.25. The summed E-state index contributed by atoms with van der Waals surface area (Å²) < 4.78 is 10.9. The lowest BCUT2D eigenvalue weighted by atomic mass is 10.0. The van der Waals surface area contributed by atoms with Gasteiger partial charge in [-0.05, 0) is 74.7 Å². The standard InChI is InChI=1S/C28H29NO5/c1-19-11-12-20(2)24(17-19)25(30)18-33-28(32)10-6-9-27(31)29-22-13-15-23(16-14-22)34-26-8-5-4-7-21(26)3/h4-5,7-8,11-17H,6,9-10,18H2,1-3H3,(H,29,31). The monoisotopic (exact) mass is 459 g/mol. The van der Waals surface area contributed by atoms with E-state index >= 15 is 0 Å². The molecule has 3 aromatic rings. The summed E-state index contributed by atoms with van der Waals surface area (Å²) in [5.41, 5.74) is 4.05. The Morgan fingerprint density at radius 1 is 0.824 bits per heavy atom. The smallest absolute Gasteiger partial charge is 0.306 e. The quantitative estimate of drug-likeness (QED) is 0.300. The van der Waals surface area contributed by atoms with Crippen LogP contribution in [0.5, 0.6) is 11.5 Å². The Kier molecular flexibility index (Phi) is 8.57. The molecule has 0 radical (unpaired) electrons. The van der Waals surface area contributed by atoms with Crippen LogP contribution in [0.15, 0.2) is 66.7 Å². The molecule has 1 N–H and O–H groups in total. The maximum Gasteiger partial charge on any atom is 0.306 e. The number of amides is 1. The normalized spacial score (nSPS) is 10.4. The first-order valence-corrected chi connectivity index (χ1v) is 11.2. The topological polar surface area (TPSA) is 81.7 Å². The third-order valence-electron chi connectivity index (χ3n) is 5.30. The van der Waals surface area contributed by atoms with Crippen LogP contribution in [0.2, 0.25) is 0 Å². The fourth-order valence-electron chi connectivity index (χ4n) is 3.35. The number of carbonyl (C=O) groups excluding carboxylic acids is 3. The summed E-state index contributed by atoms with van der Waals surface area (Å²) in [6.45, 7) is 5.42. The van der Waals surface area contributed by atoms with Crippen molar-refractivity contribution in [1.29, 1.82) is 0 Å². The highest BCUT2D eigenvalue weighted by Gasteiger charge is 2.13. The Hall–Kier alpha value is -3.93. The molecule has 6 nitrogen and oxygen atoms in total. The Morgan fingerprint density at radius 3 is 2.29 bits per heavy atom.